The average molecular weight is 309 g/mol. The SMILES string of the molecule is CNC(c1ccc(C)nc1)c1cccc(Br)c1F. The van der Waals surface area contributed by atoms with Crippen molar-refractivity contribution in [3.63, 3.8) is 0 Å². The van der Waals surface area contributed by atoms with Gasteiger partial charge in [-0.05, 0) is 47.6 Å². The number of aromatic nitrogens is 1. The molecule has 2 nitrogen and oxygen atoms in total. The zero-order valence-corrected chi connectivity index (χ0v) is 11.8. The Morgan fingerprint density at radius 2 is 2.06 bits per heavy atom. The molecule has 0 saturated carbocycles. The molecule has 0 radical (unpaired) electrons. The molecule has 1 atom stereocenters. The zero-order valence-electron chi connectivity index (χ0n) is 10.2. The van der Waals surface area contributed by atoms with Crippen LogP contribution in [-0.2, 0) is 0 Å². The van der Waals surface area contributed by atoms with Crippen LogP contribution in [-0.4, -0.2) is 12.0 Å². The van der Waals surface area contributed by atoms with E-state index in [-0.39, 0.29) is 11.9 Å². The van der Waals surface area contributed by atoms with Crippen molar-refractivity contribution in [2.75, 3.05) is 7.05 Å². The lowest BCUT2D eigenvalue weighted by molar-refractivity contribution is 0.570. The number of aryl methyl sites for hydroxylation is 1. The van der Waals surface area contributed by atoms with Crippen LogP contribution in [0.1, 0.15) is 22.9 Å². The fraction of sp³-hybridized carbons (Fsp3) is 0.214. The van der Waals surface area contributed by atoms with Gasteiger partial charge >= 0.3 is 0 Å². The van der Waals surface area contributed by atoms with Crippen LogP contribution in [0.5, 0.6) is 0 Å². The summed E-state index contributed by atoms with van der Waals surface area (Å²) in [6.45, 7) is 1.93. The standard InChI is InChI=1S/C14H14BrFN2/c1-9-6-7-10(8-18-9)14(17-2)11-4-3-5-12(15)13(11)16/h3-8,14,17H,1-2H3. The molecule has 94 valence electrons. The lowest BCUT2D eigenvalue weighted by Crippen LogP contribution is -2.19. The Bertz CT molecular complexity index is 540. The summed E-state index contributed by atoms with van der Waals surface area (Å²) in [5, 5.41) is 3.12. The first-order valence-electron chi connectivity index (χ1n) is 5.67. The van der Waals surface area contributed by atoms with Crippen molar-refractivity contribution in [2.24, 2.45) is 0 Å². The first-order chi connectivity index (χ1) is 8.63. The number of halogens is 2. The van der Waals surface area contributed by atoms with Gasteiger partial charge < -0.3 is 5.32 Å². The predicted octanol–water partition coefficient (Wildman–Crippen LogP) is 3.60. The molecule has 0 fully saturated rings. The van der Waals surface area contributed by atoms with Crippen LogP contribution in [0, 0.1) is 12.7 Å². The Hall–Kier alpha value is -1.26. The molecule has 0 spiro atoms. The normalized spacial score (nSPS) is 12.4. The number of nitrogens with zero attached hydrogens (tertiary/aromatic N) is 1. The van der Waals surface area contributed by atoms with E-state index in [0.717, 1.165) is 11.3 Å². The van der Waals surface area contributed by atoms with E-state index in [9.17, 15) is 4.39 Å². The molecule has 4 heteroatoms. The summed E-state index contributed by atoms with van der Waals surface area (Å²) in [6, 6.07) is 8.99. The zero-order chi connectivity index (χ0) is 13.1. The minimum atomic E-state index is -0.238. The van der Waals surface area contributed by atoms with Crippen LogP contribution in [0.15, 0.2) is 41.0 Å². The van der Waals surface area contributed by atoms with E-state index in [2.05, 4.69) is 26.2 Å². The van der Waals surface area contributed by atoms with Gasteiger partial charge in [0.1, 0.15) is 5.82 Å². The van der Waals surface area contributed by atoms with Crippen LogP contribution < -0.4 is 5.32 Å². The van der Waals surface area contributed by atoms with Gasteiger partial charge in [-0.1, -0.05) is 18.2 Å². The Morgan fingerprint density at radius 1 is 1.28 bits per heavy atom. The number of rotatable bonds is 3. The van der Waals surface area contributed by atoms with E-state index in [4.69, 9.17) is 0 Å². The van der Waals surface area contributed by atoms with Crippen LogP contribution in [0.3, 0.4) is 0 Å². The molecule has 1 N–H and O–H groups in total. The van der Waals surface area contributed by atoms with E-state index < -0.39 is 0 Å². The highest BCUT2D eigenvalue weighted by Gasteiger charge is 2.17. The number of benzene rings is 1. The third kappa shape index (κ3) is 2.60. The second-order valence-corrected chi connectivity index (χ2v) is 4.95. The van der Waals surface area contributed by atoms with Crippen molar-refractivity contribution < 1.29 is 4.39 Å². The van der Waals surface area contributed by atoms with Crippen LogP contribution in [0.4, 0.5) is 4.39 Å². The van der Waals surface area contributed by atoms with Gasteiger partial charge in [0.2, 0.25) is 0 Å². The Morgan fingerprint density at radius 3 is 2.67 bits per heavy atom. The maximum atomic E-state index is 14.1. The monoisotopic (exact) mass is 308 g/mol. The number of nitrogens with one attached hydrogen (secondary N) is 1. The van der Waals surface area contributed by atoms with E-state index >= 15 is 0 Å². The van der Waals surface area contributed by atoms with Crippen LogP contribution in [0.25, 0.3) is 0 Å². The molecular weight excluding hydrogens is 295 g/mol. The Kier molecular flexibility index (Phi) is 4.09. The van der Waals surface area contributed by atoms with Gasteiger partial charge in [-0.3, -0.25) is 4.98 Å². The maximum absolute atomic E-state index is 14.1. The van der Waals surface area contributed by atoms with E-state index in [1.165, 1.54) is 0 Å². The lowest BCUT2D eigenvalue weighted by Gasteiger charge is -2.18. The summed E-state index contributed by atoms with van der Waals surface area (Å²) in [4.78, 5) is 4.25. The van der Waals surface area contributed by atoms with Crippen molar-refractivity contribution in [1.29, 1.82) is 0 Å². The molecule has 0 aliphatic heterocycles. The molecule has 0 amide bonds. The average Bonchev–Trinajstić information content (AvgIpc) is 2.37. The Labute approximate surface area is 114 Å². The molecule has 0 aliphatic carbocycles. The van der Waals surface area contributed by atoms with Crippen LogP contribution >= 0.6 is 15.9 Å². The quantitative estimate of drug-likeness (QED) is 0.937. The highest BCUT2D eigenvalue weighted by Crippen LogP contribution is 2.27. The van der Waals surface area contributed by atoms with Crippen LogP contribution in [0.2, 0.25) is 0 Å². The van der Waals surface area contributed by atoms with Gasteiger partial charge in [-0.2, -0.15) is 0 Å². The van der Waals surface area contributed by atoms with E-state index in [1.54, 1.807) is 18.3 Å². The smallest absolute Gasteiger partial charge is 0.142 e. The fourth-order valence-corrected chi connectivity index (χ4v) is 2.28. The summed E-state index contributed by atoms with van der Waals surface area (Å²) in [5.41, 5.74) is 2.50. The third-order valence-electron chi connectivity index (χ3n) is 2.85. The highest BCUT2D eigenvalue weighted by atomic mass is 79.9. The van der Waals surface area contributed by atoms with Crippen molar-refractivity contribution in [3.8, 4) is 0 Å². The first kappa shape index (κ1) is 13.2. The molecule has 2 rings (SSSR count). The molecule has 1 heterocycles. The van der Waals surface area contributed by atoms with Gasteiger partial charge in [0.25, 0.3) is 0 Å². The lowest BCUT2D eigenvalue weighted by atomic mass is 9.99. The van der Waals surface area contributed by atoms with Crippen molar-refractivity contribution in [1.82, 2.24) is 10.3 Å². The maximum Gasteiger partial charge on any atom is 0.142 e. The van der Waals surface area contributed by atoms with Crippen molar-refractivity contribution in [3.05, 3.63) is 63.6 Å². The van der Waals surface area contributed by atoms with Gasteiger partial charge in [-0.15, -0.1) is 0 Å². The molecule has 0 saturated heterocycles. The van der Waals surface area contributed by atoms with Gasteiger partial charge in [0, 0.05) is 17.5 Å². The summed E-state index contributed by atoms with van der Waals surface area (Å²) >= 11 is 3.21. The first-order valence-corrected chi connectivity index (χ1v) is 6.46. The second-order valence-electron chi connectivity index (χ2n) is 4.10. The third-order valence-corrected chi connectivity index (χ3v) is 3.46. The fourth-order valence-electron chi connectivity index (χ4n) is 1.90. The van der Waals surface area contributed by atoms with E-state index in [1.807, 2.05) is 32.2 Å². The topological polar surface area (TPSA) is 24.9 Å². The van der Waals surface area contributed by atoms with Gasteiger partial charge in [-0.25, -0.2) is 4.39 Å². The van der Waals surface area contributed by atoms with Crippen molar-refractivity contribution in [2.45, 2.75) is 13.0 Å². The molecule has 1 unspecified atom stereocenters. The largest absolute Gasteiger partial charge is 0.309 e. The molecule has 0 aliphatic rings. The number of hydrogen-bond acceptors (Lipinski definition) is 2. The van der Waals surface area contributed by atoms with E-state index in [0.29, 0.717) is 10.0 Å². The van der Waals surface area contributed by atoms with Gasteiger partial charge in [0.05, 0.1) is 10.5 Å². The molecule has 18 heavy (non-hydrogen) atoms. The second kappa shape index (κ2) is 5.59. The summed E-state index contributed by atoms with van der Waals surface area (Å²) in [7, 11) is 1.81. The molecule has 1 aromatic carbocycles. The van der Waals surface area contributed by atoms with Gasteiger partial charge in [0.15, 0.2) is 0 Å². The molecular formula is C14H14BrFN2. The predicted molar refractivity (Wildman–Crippen MR) is 74.0 cm³/mol. The molecule has 2 aromatic rings. The summed E-state index contributed by atoms with van der Waals surface area (Å²) in [6.07, 6.45) is 1.77. The molecule has 1 aromatic heterocycles. The summed E-state index contributed by atoms with van der Waals surface area (Å²) < 4.78 is 14.6. The summed E-state index contributed by atoms with van der Waals surface area (Å²) in [5.74, 6) is -0.238. The number of hydrogen-bond donors (Lipinski definition) is 1. The number of pyridine rings is 1. The minimum Gasteiger partial charge on any atom is -0.309 e. The molecule has 0 bridgehead atoms. The minimum absolute atomic E-state index is 0.199. The Balaban J connectivity index is 2.45. The van der Waals surface area contributed by atoms with Crippen molar-refractivity contribution >= 4 is 15.9 Å². The highest BCUT2D eigenvalue weighted by molar-refractivity contribution is 9.10.